The number of carbonyl (C=O) groups is 2. The van der Waals surface area contributed by atoms with Crippen molar-refractivity contribution in [3.63, 3.8) is 0 Å². The Balaban J connectivity index is 0.000000195. The smallest absolute Gasteiger partial charge is 0.225 e. The molecule has 6 heterocycles. The van der Waals surface area contributed by atoms with Gasteiger partial charge in [0.05, 0.1) is 11.1 Å². The van der Waals surface area contributed by atoms with Gasteiger partial charge in [-0.15, -0.1) is 11.3 Å². The molecule has 266 valence electrons. The molecule has 2 aliphatic heterocycles. The highest BCUT2D eigenvalue weighted by Crippen LogP contribution is 2.25. The highest BCUT2D eigenvalue weighted by atomic mass is 32.1. The third-order valence-electron chi connectivity index (χ3n) is 8.71. The Morgan fingerprint density at radius 1 is 0.820 bits per heavy atom. The number of rotatable bonds is 10. The normalized spacial score (nSPS) is 17.8. The largest absolute Gasteiger partial charge is 0.383 e. The summed E-state index contributed by atoms with van der Waals surface area (Å²) in [5.41, 5.74) is 13.9. The second-order valence-corrected chi connectivity index (χ2v) is 14.7. The molecule has 0 spiro atoms. The SMILES string of the molecule is CC(C)C[C@H]1CN(c2csc(C(=O)c3cccnc3N)n2)CCN1.Cc1cc(C(=O)c2cccnc2N)nc(N2CCN[C@@H](CC(C)C)C2)c1. The van der Waals surface area contributed by atoms with Gasteiger partial charge in [-0.3, -0.25) is 9.59 Å². The van der Waals surface area contributed by atoms with Crippen molar-refractivity contribution in [2.75, 3.05) is 60.5 Å². The van der Waals surface area contributed by atoms with Crippen LogP contribution in [0.4, 0.5) is 23.3 Å². The number of aromatic nitrogens is 4. The van der Waals surface area contributed by atoms with Crippen LogP contribution >= 0.6 is 11.3 Å². The molecule has 2 atom stereocenters. The standard InChI is InChI=1S/C20H27N5O.C17H23N5OS/c1-13(2)9-15-12-25(8-7-22-15)18-11-14(3)10-17(24-18)19(26)16-5-4-6-23-20(16)21;1-11(2)8-12-9-22(7-6-19-12)14-10-24-17(21-14)15(23)13-4-3-5-20-16(13)18/h4-6,10-11,13,15,22H,7-9,12H2,1-3H3,(H2,21,23);3-5,10-12,19H,6-9H2,1-2H3,(H2,18,20)/t15-;12-/m00/s1. The molecule has 2 fully saturated rings. The lowest BCUT2D eigenvalue weighted by Crippen LogP contribution is -2.51. The Labute approximate surface area is 299 Å². The molecule has 0 radical (unpaired) electrons. The van der Waals surface area contributed by atoms with E-state index in [2.05, 4.69) is 68.1 Å². The number of nitrogens with zero attached hydrogens (tertiary/aromatic N) is 6. The van der Waals surface area contributed by atoms with E-state index in [1.54, 1.807) is 36.7 Å². The van der Waals surface area contributed by atoms with Crippen LogP contribution in [0.25, 0.3) is 0 Å². The van der Waals surface area contributed by atoms with Crippen molar-refractivity contribution in [2.24, 2.45) is 11.8 Å². The van der Waals surface area contributed by atoms with E-state index in [1.165, 1.54) is 11.3 Å². The molecule has 0 unspecified atom stereocenters. The van der Waals surface area contributed by atoms with Crippen LogP contribution in [-0.2, 0) is 0 Å². The second-order valence-electron chi connectivity index (χ2n) is 13.9. The summed E-state index contributed by atoms with van der Waals surface area (Å²) < 4.78 is 0. The van der Waals surface area contributed by atoms with Crippen molar-refractivity contribution in [1.29, 1.82) is 0 Å². The highest BCUT2D eigenvalue weighted by molar-refractivity contribution is 7.12. The second kappa shape index (κ2) is 17.0. The minimum Gasteiger partial charge on any atom is -0.383 e. The molecule has 6 rings (SSSR count). The van der Waals surface area contributed by atoms with Gasteiger partial charge in [0.2, 0.25) is 11.6 Å². The van der Waals surface area contributed by atoms with Crippen LogP contribution in [0.1, 0.15) is 77.5 Å². The monoisotopic (exact) mass is 698 g/mol. The minimum absolute atomic E-state index is 0.161. The number of pyridine rings is 3. The lowest BCUT2D eigenvalue weighted by molar-refractivity contribution is 0.102. The number of ketones is 2. The minimum atomic E-state index is -0.186. The molecule has 0 aromatic carbocycles. The maximum atomic E-state index is 12.9. The van der Waals surface area contributed by atoms with Crippen molar-refractivity contribution in [3.05, 3.63) is 81.6 Å². The lowest BCUT2D eigenvalue weighted by Gasteiger charge is -2.35. The van der Waals surface area contributed by atoms with Crippen molar-refractivity contribution in [1.82, 2.24) is 30.6 Å². The maximum Gasteiger partial charge on any atom is 0.225 e. The molecule has 2 aliphatic rings. The molecule has 0 saturated carbocycles. The maximum absolute atomic E-state index is 12.9. The van der Waals surface area contributed by atoms with Crippen molar-refractivity contribution in [3.8, 4) is 0 Å². The summed E-state index contributed by atoms with van der Waals surface area (Å²) >= 11 is 1.36. The van der Waals surface area contributed by atoms with Gasteiger partial charge in [0.15, 0.2) is 5.01 Å². The van der Waals surface area contributed by atoms with Crippen LogP contribution in [0.2, 0.25) is 0 Å². The fraction of sp³-hybridized carbons (Fsp3) is 0.459. The summed E-state index contributed by atoms with van der Waals surface area (Å²) in [7, 11) is 0. The van der Waals surface area contributed by atoms with Crippen molar-refractivity contribution in [2.45, 2.75) is 59.5 Å². The molecule has 0 aliphatic carbocycles. The summed E-state index contributed by atoms with van der Waals surface area (Å²) in [4.78, 5) is 47.1. The number of aryl methyl sites for hydroxylation is 1. The molecular weight excluding hydrogens is 649 g/mol. The van der Waals surface area contributed by atoms with Gasteiger partial charge >= 0.3 is 0 Å². The summed E-state index contributed by atoms with van der Waals surface area (Å²) in [5.74, 6) is 3.17. The summed E-state index contributed by atoms with van der Waals surface area (Å²) in [6.45, 7) is 16.4. The first-order valence-electron chi connectivity index (χ1n) is 17.4. The van der Waals surface area contributed by atoms with Crippen LogP contribution in [-0.4, -0.2) is 82.9 Å². The van der Waals surface area contributed by atoms with Gasteiger partial charge in [-0.2, -0.15) is 0 Å². The Kier molecular flexibility index (Phi) is 12.5. The number of piperazine rings is 2. The third kappa shape index (κ3) is 9.61. The van der Waals surface area contributed by atoms with E-state index in [9.17, 15) is 9.59 Å². The zero-order chi connectivity index (χ0) is 35.8. The third-order valence-corrected chi connectivity index (χ3v) is 9.54. The quantitative estimate of drug-likeness (QED) is 0.170. The Bertz CT molecular complexity index is 1760. The number of carbonyl (C=O) groups excluding carboxylic acids is 2. The molecule has 12 nitrogen and oxygen atoms in total. The van der Waals surface area contributed by atoms with E-state index in [0.29, 0.717) is 45.7 Å². The molecule has 0 bridgehead atoms. The van der Waals surface area contributed by atoms with Crippen LogP contribution in [0.3, 0.4) is 0 Å². The molecule has 50 heavy (non-hydrogen) atoms. The Morgan fingerprint density at radius 2 is 1.36 bits per heavy atom. The van der Waals surface area contributed by atoms with E-state index in [1.807, 2.05) is 24.4 Å². The zero-order valence-corrected chi connectivity index (χ0v) is 30.5. The molecule has 0 amide bonds. The number of nitrogens with two attached hydrogens (primary N) is 2. The lowest BCUT2D eigenvalue weighted by atomic mass is 10.0. The molecule has 4 aromatic rings. The topological polar surface area (TPSA) is 168 Å². The fourth-order valence-electron chi connectivity index (χ4n) is 6.44. The van der Waals surface area contributed by atoms with Crippen LogP contribution < -0.4 is 31.9 Å². The van der Waals surface area contributed by atoms with Gasteiger partial charge in [0.25, 0.3) is 0 Å². The van der Waals surface area contributed by atoms with Gasteiger partial charge in [-0.25, -0.2) is 19.9 Å². The van der Waals surface area contributed by atoms with Gasteiger partial charge in [0, 0.05) is 69.1 Å². The van der Waals surface area contributed by atoms with Gasteiger partial charge in [-0.05, 0) is 73.6 Å². The number of anilines is 4. The number of nitrogens with one attached hydrogen (secondary N) is 2. The summed E-state index contributed by atoms with van der Waals surface area (Å²) in [6.07, 6.45) is 5.42. The van der Waals surface area contributed by atoms with E-state index in [4.69, 9.17) is 11.5 Å². The first-order valence-corrected chi connectivity index (χ1v) is 18.3. The zero-order valence-electron chi connectivity index (χ0n) is 29.7. The van der Waals surface area contributed by atoms with Crippen molar-refractivity contribution < 1.29 is 9.59 Å². The van der Waals surface area contributed by atoms with E-state index >= 15 is 0 Å². The fourth-order valence-corrected chi connectivity index (χ4v) is 7.22. The first kappa shape index (κ1) is 36.8. The molecular formula is C37H50N10O2S. The first-order chi connectivity index (χ1) is 24.0. The summed E-state index contributed by atoms with van der Waals surface area (Å²) in [5, 5.41) is 9.55. The number of hydrogen-bond donors (Lipinski definition) is 4. The predicted octanol–water partition coefficient (Wildman–Crippen LogP) is 4.60. The predicted molar refractivity (Wildman–Crippen MR) is 202 cm³/mol. The van der Waals surface area contributed by atoms with Crippen LogP contribution in [0.5, 0.6) is 0 Å². The molecule has 4 aromatic heterocycles. The molecule has 13 heteroatoms. The van der Waals surface area contributed by atoms with Crippen LogP contribution in [0.15, 0.2) is 54.2 Å². The van der Waals surface area contributed by atoms with Gasteiger partial charge < -0.3 is 31.9 Å². The number of nitrogen functional groups attached to an aromatic ring is 2. The van der Waals surface area contributed by atoms with Crippen LogP contribution in [0, 0.1) is 18.8 Å². The van der Waals surface area contributed by atoms with Crippen molar-refractivity contribution >= 4 is 46.2 Å². The average Bonchev–Trinajstić information content (AvgIpc) is 3.59. The Morgan fingerprint density at radius 3 is 1.90 bits per heavy atom. The van der Waals surface area contributed by atoms with E-state index < -0.39 is 0 Å². The van der Waals surface area contributed by atoms with E-state index in [-0.39, 0.29) is 23.2 Å². The molecule has 6 N–H and O–H groups in total. The molecule has 2 saturated heterocycles. The van der Waals surface area contributed by atoms with E-state index in [0.717, 1.165) is 69.3 Å². The number of hydrogen-bond acceptors (Lipinski definition) is 13. The highest BCUT2D eigenvalue weighted by Gasteiger charge is 2.25. The summed E-state index contributed by atoms with van der Waals surface area (Å²) in [6, 6.07) is 11.6. The van der Waals surface area contributed by atoms with Gasteiger partial charge in [0.1, 0.15) is 29.0 Å². The van der Waals surface area contributed by atoms with Gasteiger partial charge in [-0.1, -0.05) is 27.7 Å². The Hall–Kier alpha value is -4.46. The average molecular weight is 699 g/mol. The number of thiazole rings is 1.